The van der Waals surface area contributed by atoms with Gasteiger partial charge in [0.1, 0.15) is 5.75 Å². The fourth-order valence-corrected chi connectivity index (χ4v) is 3.93. The third-order valence-electron chi connectivity index (χ3n) is 5.09. The van der Waals surface area contributed by atoms with Crippen LogP contribution in [0.4, 0.5) is 0 Å². The Hall–Kier alpha value is -2.65. The van der Waals surface area contributed by atoms with Crippen molar-refractivity contribution in [1.82, 2.24) is 4.90 Å². The van der Waals surface area contributed by atoms with Crippen LogP contribution in [0.1, 0.15) is 45.1 Å². The summed E-state index contributed by atoms with van der Waals surface area (Å²) in [4.78, 5) is 32.9. The maximum Gasteiger partial charge on any atom is 0.336 e. The van der Waals surface area contributed by atoms with E-state index < -0.39 is 36.4 Å². The van der Waals surface area contributed by atoms with E-state index >= 15 is 0 Å². The summed E-state index contributed by atoms with van der Waals surface area (Å²) in [7, 11) is 2.19. The maximum absolute atomic E-state index is 10.3. The third-order valence-corrected chi connectivity index (χ3v) is 5.09. The highest BCUT2D eigenvalue weighted by molar-refractivity contribution is 5.88. The summed E-state index contributed by atoms with van der Waals surface area (Å²) in [6, 6.07) is 7.83. The molecule has 1 heterocycles. The molecule has 2 rings (SSSR count). The molecule has 168 valence electrons. The molecule has 0 aliphatic carbocycles. The second kappa shape index (κ2) is 10.4. The molecule has 30 heavy (non-hydrogen) atoms. The summed E-state index contributed by atoms with van der Waals surface area (Å²) in [5.74, 6) is -3.95. The van der Waals surface area contributed by atoms with Gasteiger partial charge in [-0.15, -0.1) is 0 Å². The molecule has 0 saturated carbocycles. The van der Waals surface area contributed by atoms with Crippen LogP contribution in [0.3, 0.4) is 0 Å². The van der Waals surface area contributed by atoms with Crippen molar-refractivity contribution < 1.29 is 39.9 Å². The van der Waals surface area contributed by atoms with Crippen molar-refractivity contribution >= 4 is 17.9 Å². The summed E-state index contributed by atoms with van der Waals surface area (Å²) in [6.07, 6.45) is 0.106. The normalized spacial score (nSPS) is 19.2. The molecule has 9 nitrogen and oxygen atoms in total. The number of likely N-dealkylation sites (tertiary alicyclic amines) is 1. The van der Waals surface area contributed by atoms with Gasteiger partial charge in [-0.25, -0.2) is 4.79 Å². The van der Waals surface area contributed by atoms with Gasteiger partial charge in [0.2, 0.25) is 0 Å². The van der Waals surface area contributed by atoms with E-state index in [1.54, 1.807) is 6.07 Å². The molecule has 5 N–H and O–H groups in total. The number of hydrogen-bond acceptors (Lipinski definition) is 6. The second-order valence-electron chi connectivity index (χ2n) is 8.39. The van der Waals surface area contributed by atoms with Crippen molar-refractivity contribution in [2.75, 3.05) is 20.1 Å². The number of likely N-dealkylation sites (N-methyl/N-ethyl adjacent to an activating group) is 1. The fourth-order valence-electron chi connectivity index (χ4n) is 3.93. The van der Waals surface area contributed by atoms with E-state index in [0.29, 0.717) is 11.7 Å². The molecule has 1 atom stereocenters. The molecule has 9 heteroatoms. The Kier molecular flexibility index (Phi) is 8.80. The third kappa shape index (κ3) is 7.31. The van der Waals surface area contributed by atoms with Gasteiger partial charge in [0.15, 0.2) is 5.60 Å². The van der Waals surface area contributed by atoms with Crippen LogP contribution in [-0.2, 0) is 19.8 Å². The summed E-state index contributed by atoms with van der Waals surface area (Å²) in [6.45, 7) is 6.82. The van der Waals surface area contributed by atoms with Gasteiger partial charge in [-0.2, -0.15) is 0 Å². The molecule has 0 amide bonds. The van der Waals surface area contributed by atoms with Crippen LogP contribution in [0.25, 0.3) is 0 Å². The van der Waals surface area contributed by atoms with E-state index in [1.165, 1.54) is 18.4 Å². The van der Waals surface area contributed by atoms with Crippen LogP contribution in [0.15, 0.2) is 24.3 Å². The van der Waals surface area contributed by atoms with E-state index in [-0.39, 0.29) is 5.41 Å². The fraction of sp³-hybridized carbons (Fsp3) is 0.571. The molecule has 1 fully saturated rings. The lowest BCUT2D eigenvalue weighted by atomic mass is 9.74. The van der Waals surface area contributed by atoms with Gasteiger partial charge in [0, 0.05) is 12.0 Å². The van der Waals surface area contributed by atoms with E-state index in [1.807, 2.05) is 12.1 Å². The van der Waals surface area contributed by atoms with Gasteiger partial charge in [0.05, 0.1) is 12.8 Å². The van der Waals surface area contributed by atoms with Gasteiger partial charge in [-0.1, -0.05) is 26.0 Å². The molecular formula is C21H31NO8. The van der Waals surface area contributed by atoms with Crippen molar-refractivity contribution in [2.45, 2.75) is 50.5 Å². The van der Waals surface area contributed by atoms with E-state index in [0.717, 1.165) is 13.1 Å². The van der Waals surface area contributed by atoms with Crippen molar-refractivity contribution in [1.29, 1.82) is 0 Å². The Morgan fingerprint density at radius 1 is 1.13 bits per heavy atom. The average molecular weight is 425 g/mol. The first-order chi connectivity index (χ1) is 13.8. The standard InChI is InChI=1S/C15H23NO.C6H8O7/c1-12(2)10-15(7-8-16(3)11-15)13-5-4-6-14(17)9-13;7-3(8)1-6(13,5(11)12)2-4(9)10/h4-6,9,12,17H,7-8,10-11H2,1-3H3;13H,1-2H2,(H,7,8)(H,9,10)(H,11,12). The van der Waals surface area contributed by atoms with Crippen LogP contribution in [0.5, 0.6) is 5.75 Å². The van der Waals surface area contributed by atoms with Crippen LogP contribution in [0.2, 0.25) is 0 Å². The minimum absolute atomic E-state index is 0.238. The van der Waals surface area contributed by atoms with E-state index in [9.17, 15) is 19.5 Å². The smallest absolute Gasteiger partial charge is 0.336 e. The number of hydrogen-bond donors (Lipinski definition) is 5. The Bertz CT molecular complexity index is 747. The minimum Gasteiger partial charge on any atom is -0.508 e. The average Bonchev–Trinajstić information content (AvgIpc) is 2.95. The zero-order valence-corrected chi connectivity index (χ0v) is 17.5. The lowest BCUT2D eigenvalue weighted by Gasteiger charge is -2.31. The molecule has 1 aromatic carbocycles. The lowest BCUT2D eigenvalue weighted by Crippen LogP contribution is -2.42. The molecule has 1 aliphatic rings. The Balaban J connectivity index is 0.000000314. The highest BCUT2D eigenvalue weighted by Gasteiger charge is 2.41. The van der Waals surface area contributed by atoms with Crippen LogP contribution >= 0.6 is 0 Å². The van der Waals surface area contributed by atoms with Crippen molar-refractivity contribution in [3.05, 3.63) is 29.8 Å². The van der Waals surface area contributed by atoms with Crippen LogP contribution < -0.4 is 0 Å². The number of carboxylic acids is 3. The number of carbonyl (C=O) groups is 3. The molecule has 1 aliphatic heterocycles. The summed E-state index contributed by atoms with van der Waals surface area (Å²) < 4.78 is 0. The van der Waals surface area contributed by atoms with Crippen LogP contribution in [0, 0.1) is 5.92 Å². The molecule has 1 unspecified atom stereocenters. The van der Waals surface area contributed by atoms with E-state index in [2.05, 4.69) is 31.9 Å². The molecule has 0 aromatic heterocycles. The molecule has 0 spiro atoms. The SMILES string of the molecule is CC(C)CC1(c2cccc(O)c2)CCN(C)C1.O=C(O)CC(O)(CC(=O)O)C(=O)O. The van der Waals surface area contributed by atoms with Gasteiger partial charge < -0.3 is 30.4 Å². The number of nitrogens with zero attached hydrogens (tertiary/aromatic N) is 1. The monoisotopic (exact) mass is 425 g/mol. The number of aliphatic carboxylic acids is 3. The zero-order chi connectivity index (χ0) is 23.1. The second-order valence-corrected chi connectivity index (χ2v) is 8.39. The van der Waals surface area contributed by atoms with Crippen molar-refractivity contribution in [3.8, 4) is 5.75 Å². The number of aliphatic hydroxyl groups is 1. The highest BCUT2D eigenvalue weighted by atomic mass is 16.4. The number of aromatic hydroxyl groups is 1. The van der Waals surface area contributed by atoms with Crippen molar-refractivity contribution in [3.63, 3.8) is 0 Å². The quantitative estimate of drug-likeness (QED) is 0.419. The molecule has 0 bridgehead atoms. The summed E-state index contributed by atoms with van der Waals surface area (Å²) in [5, 5.41) is 43.5. The Morgan fingerprint density at radius 2 is 1.70 bits per heavy atom. The van der Waals surface area contributed by atoms with Gasteiger partial charge >= 0.3 is 17.9 Å². The predicted molar refractivity (Wildman–Crippen MR) is 108 cm³/mol. The predicted octanol–water partition coefficient (Wildman–Crippen LogP) is 1.76. The summed E-state index contributed by atoms with van der Waals surface area (Å²) in [5.41, 5.74) is -1.20. The molecule has 1 saturated heterocycles. The lowest BCUT2D eigenvalue weighted by molar-refractivity contribution is -0.170. The van der Waals surface area contributed by atoms with Gasteiger partial charge in [-0.3, -0.25) is 9.59 Å². The number of benzene rings is 1. The zero-order valence-electron chi connectivity index (χ0n) is 17.5. The van der Waals surface area contributed by atoms with Gasteiger partial charge in [-0.05, 0) is 50.0 Å². The number of rotatable bonds is 8. The van der Waals surface area contributed by atoms with Crippen molar-refractivity contribution in [2.24, 2.45) is 5.92 Å². The van der Waals surface area contributed by atoms with E-state index in [4.69, 9.17) is 20.4 Å². The molecule has 1 aromatic rings. The van der Waals surface area contributed by atoms with Crippen LogP contribution in [-0.4, -0.2) is 74.1 Å². The summed E-state index contributed by atoms with van der Waals surface area (Å²) >= 11 is 0. The number of phenols is 1. The maximum atomic E-state index is 10.3. The van der Waals surface area contributed by atoms with Gasteiger partial charge in [0.25, 0.3) is 0 Å². The minimum atomic E-state index is -2.74. The largest absolute Gasteiger partial charge is 0.508 e. The number of carboxylic acid groups (broad SMARTS) is 3. The topological polar surface area (TPSA) is 156 Å². The number of phenolic OH excluding ortho intramolecular Hbond substituents is 1. The first kappa shape index (κ1) is 25.4. The first-order valence-corrected chi connectivity index (χ1v) is 9.67. The first-order valence-electron chi connectivity index (χ1n) is 9.67. The highest BCUT2D eigenvalue weighted by Crippen LogP contribution is 2.40. The Labute approximate surface area is 175 Å². The Morgan fingerprint density at radius 3 is 2.07 bits per heavy atom. The molecular weight excluding hydrogens is 394 g/mol. The molecule has 0 radical (unpaired) electrons.